The zero-order valence-corrected chi connectivity index (χ0v) is 17.5. The Kier molecular flexibility index (Phi) is 6.65. The number of hydrogen-bond donors (Lipinski definition) is 1. The molecule has 0 bridgehead atoms. The van der Waals surface area contributed by atoms with Crippen LogP contribution in [0.5, 0.6) is 0 Å². The molecule has 0 spiro atoms. The lowest BCUT2D eigenvalue weighted by molar-refractivity contribution is -0.116. The predicted molar refractivity (Wildman–Crippen MR) is 112 cm³/mol. The number of carbonyl (C=O) groups is 1. The first-order valence-electron chi connectivity index (χ1n) is 9.06. The minimum Gasteiger partial charge on any atom is -0.326 e. The normalized spacial score (nSPS) is 11.3. The number of amides is 1. The quantitative estimate of drug-likeness (QED) is 0.780. The lowest BCUT2D eigenvalue weighted by atomic mass is 10.1. The van der Waals surface area contributed by atoms with Crippen molar-refractivity contribution in [3.05, 3.63) is 58.7 Å². The summed E-state index contributed by atoms with van der Waals surface area (Å²) in [6.07, 6.45) is 2.12. The third-order valence-corrected chi connectivity index (χ3v) is 5.71. The highest BCUT2D eigenvalue weighted by Crippen LogP contribution is 2.23. The van der Waals surface area contributed by atoms with Crippen molar-refractivity contribution in [2.75, 3.05) is 22.4 Å². The van der Waals surface area contributed by atoms with Crippen molar-refractivity contribution in [3.8, 4) is 0 Å². The Morgan fingerprint density at radius 3 is 2.07 bits per heavy atom. The number of rotatable bonds is 7. The first-order valence-corrected chi connectivity index (χ1v) is 10.9. The smallest absolute Gasteiger partial charge is 0.232 e. The molecule has 0 atom stereocenters. The third kappa shape index (κ3) is 5.57. The Morgan fingerprint density at radius 2 is 1.59 bits per heavy atom. The molecule has 0 aliphatic carbocycles. The highest BCUT2D eigenvalue weighted by molar-refractivity contribution is 7.92. The van der Waals surface area contributed by atoms with Gasteiger partial charge in [-0.15, -0.1) is 0 Å². The Labute approximate surface area is 162 Å². The molecule has 2 rings (SSSR count). The first-order chi connectivity index (χ1) is 12.6. The van der Waals surface area contributed by atoms with E-state index in [1.165, 1.54) is 4.31 Å². The number of nitrogens with zero attached hydrogens (tertiary/aromatic N) is 1. The Bertz CT molecular complexity index is 896. The maximum absolute atomic E-state index is 12.4. The zero-order valence-electron chi connectivity index (χ0n) is 16.7. The van der Waals surface area contributed by atoms with Crippen LogP contribution in [0.15, 0.2) is 36.4 Å². The van der Waals surface area contributed by atoms with Crippen molar-refractivity contribution in [2.24, 2.45) is 0 Å². The van der Waals surface area contributed by atoms with Crippen LogP contribution in [-0.4, -0.2) is 27.1 Å². The van der Waals surface area contributed by atoms with Crippen molar-refractivity contribution < 1.29 is 13.2 Å². The fourth-order valence-corrected chi connectivity index (χ4v) is 4.09. The molecule has 0 radical (unpaired) electrons. The molecule has 27 heavy (non-hydrogen) atoms. The maximum atomic E-state index is 12.4. The van der Waals surface area contributed by atoms with E-state index in [1.54, 1.807) is 12.1 Å². The average Bonchev–Trinajstić information content (AvgIpc) is 2.57. The van der Waals surface area contributed by atoms with E-state index in [1.807, 2.05) is 52.0 Å². The van der Waals surface area contributed by atoms with Crippen molar-refractivity contribution in [3.63, 3.8) is 0 Å². The van der Waals surface area contributed by atoms with Gasteiger partial charge in [0.05, 0.1) is 11.9 Å². The first kappa shape index (κ1) is 21.0. The van der Waals surface area contributed by atoms with Gasteiger partial charge in [-0.05, 0) is 56.0 Å². The predicted octanol–water partition coefficient (Wildman–Crippen LogP) is 3.97. The number of nitrogens with one attached hydrogen (secondary N) is 1. The number of anilines is 2. The van der Waals surface area contributed by atoms with E-state index >= 15 is 0 Å². The Balaban J connectivity index is 2.12. The molecule has 146 valence electrons. The largest absolute Gasteiger partial charge is 0.326 e. The molecule has 0 saturated carbocycles. The minimum absolute atomic E-state index is 0.0787. The van der Waals surface area contributed by atoms with Crippen molar-refractivity contribution >= 4 is 27.3 Å². The molecular formula is C21H28N2O3S. The summed E-state index contributed by atoms with van der Waals surface area (Å²) < 4.78 is 25.7. The highest BCUT2D eigenvalue weighted by Gasteiger charge is 2.19. The van der Waals surface area contributed by atoms with Gasteiger partial charge < -0.3 is 5.32 Å². The van der Waals surface area contributed by atoms with Crippen molar-refractivity contribution in [2.45, 2.75) is 40.5 Å². The lowest BCUT2D eigenvalue weighted by Gasteiger charge is -2.22. The number of benzene rings is 2. The molecule has 0 saturated heterocycles. The minimum atomic E-state index is -3.47. The van der Waals surface area contributed by atoms with Crippen molar-refractivity contribution in [1.82, 2.24) is 0 Å². The van der Waals surface area contributed by atoms with Gasteiger partial charge in [-0.3, -0.25) is 9.10 Å². The van der Waals surface area contributed by atoms with Gasteiger partial charge in [0, 0.05) is 18.7 Å². The van der Waals surface area contributed by atoms with Crippen LogP contribution in [-0.2, 0) is 21.2 Å². The molecule has 5 nitrogen and oxygen atoms in total. The standard InChI is InChI=1S/C21H28N2O3S/c1-6-18-7-9-19(10-8-18)23(27(5,25)26)12-11-20(24)22-21-16(3)13-15(2)14-17(21)4/h7-10,13-14H,6,11-12H2,1-5H3,(H,22,24). The van der Waals surface area contributed by atoms with Crippen LogP contribution in [0.1, 0.15) is 35.6 Å². The molecule has 0 aliphatic heterocycles. The van der Waals surface area contributed by atoms with Crippen LogP contribution in [0.4, 0.5) is 11.4 Å². The van der Waals surface area contributed by atoms with Crippen LogP contribution in [0, 0.1) is 20.8 Å². The van der Waals surface area contributed by atoms with Crippen LogP contribution >= 0.6 is 0 Å². The van der Waals surface area contributed by atoms with Gasteiger partial charge >= 0.3 is 0 Å². The molecule has 0 aromatic heterocycles. The second-order valence-electron chi connectivity index (χ2n) is 6.93. The highest BCUT2D eigenvalue weighted by atomic mass is 32.2. The Morgan fingerprint density at radius 1 is 1.04 bits per heavy atom. The summed E-state index contributed by atoms with van der Waals surface area (Å²) in [7, 11) is -3.47. The van der Waals surface area contributed by atoms with Gasteiger partial charge in [-0.1, -0.05) is 36.8 Å². The molecule has 0 aliphatic rings. The molecule has 2 aromatic carbocycles. The molecule has 0 fully saturated rings. The van der Waals surface area contributed by atoms with E-state index in [0.717, 1.165) is 40.6 Å². The van der Waals surface area contributed by atoms with Gasteiger partial charge in [-0.25, -0.2) is 8.42 Å². The van der Waals surface area contributed by atoms with Gasteiger partial charge in [0.2, 0.25) is 15.9 Å². The van der Waals surface area contributed by atoms with Crippen LogP contribution in [0.25, 0.3) is 0 Å². The summed E-state index contributed by atoms with van der Waals surface area (Å²) in [5.41, 5.74) is 5.64. The van der Waals surface area contributed by atoms with E-state index in [9.17, 15) is 13.2 Å². The summed E-state index contributed by atoms with van der Waals surface area (Å²) in [5.74, 6) is -0.205. The molecular weight excluding hydrogens is 360 g/mol. The molecule has 1 N–H and O–H groups in total. The third-order valence-electron chi connectivity index (χ3n) is 4.52. The number of hydrogen-bond acceptors (Lipinski definition) is 3. The summed E-state index contributed by atoms with van der Waals surface area (Å²) >= 11 is 0. The molecule has 0 unspecified atom stereocenters. The summed E-state index contributed by atoms with van der Waals surface area (Å²) in [6.45, 7) is 8.06. The van der Waals surface area contributed by atoms with Gasteiger partial charge in [-0.2, -0.15) is 0 Å². The van der Waals surface area contributed by atoms with Crippen molar-refractivity contribution in [1.29, 1.82) is 0 Å². The maximum Gasteiger partial charge on any atom is 0.232 e. The van der Waals surface area contributed by atoms with E-state index in [-0.39, 0.29) is 18.9 Å². The van der Waals surface area contributed by atoms with E-state index in [4.69, 9.17) is 0 Å². The molecule has 0 heterocycles. The summed E-state index contributed by atoms with van der Waals surface area (Å²) in [5, 5.41) is 2.92. The molecule has 2 aromatic rings. The number of aryl methyl sites for hydroxylation is 4. The zero-order chi connectivity index (χ0) is 20.2. The fraction of sp³-hybridized carbons (Fsp3) is 0.381. The fourth-order valence-electron chi connectivity index (χ4n) is 3.17. The number of carbonyl (C=O) groups excluding carboxylic acids is 1. The average molecular weight is 389 g/mol. The van der Waals surface area contributed by atoms with Crippen LogP contribution in [0.2, 0.25) is 0 Å². The van der Waals surface area contributed by atoms with Gasteiger partial charge in [0.25, 0.3) is 0 Å². The lowest BCUT2D eigenvalue weighted by Crippen LogP contribution is -2.33. The monoisotopic (exact) mass is 388 g/mol. The van der Waals surface area contributed by atoms with Crippen LogP contribution in [0.3, 0.4) is 0 Å². The SMILES string of the molecule is CCc1ccc(N(CCC(=O)Nc2c(C)cc(C)cc2C)S(C)(=O)=O)cc1. The molecule has 6 heteroatoms. The van der Waals surface area contributed by atoms with E-state index in [2.05, 4.69) is 5.32 Å². The summed E-state index contributed by atoms with van der Waals surface area (Å²) in [6, 6.07) is 11.4. The second kappa shape index (κ2) is 8.57. The second-order valence-corrected chi connectivity index (χ2v) is 8.83. The van der Waals surface area contributed by atoms with Gasteiger partial charge in [0.15, 0.2) is 0 Å². The van der Waals surface area contributed by atoms with Crippen LogP contribution < -0.4 is 9.62 Å². The van der Waals surface area contributed by atoms with E-state index < -0.39 is 10.0 Å². The molecule has 1 amide bonds. The Hall–Kier alpha value is -2.34. The summed E-state index contributed by atoms with van der Waals surface area (Å²) in [4.78, 5) is 12.4. The van der Waals surface area contributed by atoms with Gasteiger partial charge in [0.1, 0.15) is 0 Å². The van der Waals surface area contributed by atoms with E-state index in [0.29, 0.717) is 5.69 Å². The number of sulfonamides is 1. The topological polar surface area (TPSA) is 66.5 Å².